The fourth-order valence-electron chi connectivity index (χ4n) is 2.04. The predicted octanol–water partition coefficient (Wildman–Crippen LogP) is 0.934. The topological polar surface area (TPSA) is 117 Å². The lowest BCUT2D eigenvalue weighted by molar-refractivity contribution is -0.141. The van der Waals surface area contributed by atoms with Crippen molar-refractivity contribution >= 4 is 40.6 Å². The molecule has 1 N–H and O–H groups in total. The Morgan fingerprint density at radius 1 is 1.27 bits per heavy atom. The van der Waals surface area contributed by atoms with Crippen molar-refractivity contribution in [3.63, 3.8) is 0 Å². The second kappa shape index (κ2) is 8.99. The zero-order chi connectivity index (χ0) is 19.1. The molecule has 0 fully saturated rings. The summed E-state index contributed by atoms with van der Waals surface area (Å²) in [5, 5.41) is 2.56. The van der Waals surface area contributed by atoms with Crippen LogP contribution in [0.25, 0.3) is 10.9 Å². The number of hydrogen-bond acceptors (Lipinski definition) is 8. The standard InChI is InChI=1S/C16H17N3O6S/c1-3-25-16(23)18-12(20)9-26-15-17-11-7-5-4-6-10(11)14(22)19(15)8-13(21)24-2/h4-7H,3,8-9H2,1-2H3,(H,18,20,23). The second-order valence-corrected chi connectivity index (χ2v) is 5.88. The Hall–Kier alpha value is -2.88. The van der Waals surface area contributed by atoms with E-state index in [0.717, 1.165) is 16.3 Å². The largest absolute Gasteiger partial charge is 0.468 e. The molecule has 1 aromatic heterocycles. The van der Waals surface area contributed by atoms with Crippen LogP contribution < -0.4 is 10.9 Å². The first-order chi connectivity index (χ1) is 12.5. The first kappa shape index (κ1) is 19.4. The lowest BCUT2D eigenvalue weighted by Crippen LogP contribution is -2.33. The van der Waals surface area contributed by atoms with E-state index in [2.05, 4.69) is 14.5 Å². The summed E-state index contributed by atoms with van der Waals surface area (Å²) >= 11 is 0.921. The first-order valence-corrected chi connectivity index (χ1v) is 8.60. The van der Waals surface area contributed by atoms with Crippen LogP contribution in [0.2, 0.25) is 0 Å². The molecule has 0 atom stereocenters. The highest BCUT2D eigenvalue weighted by Crippen LogP contribution is 2.17. The van der Waals surface area contributed by atoms with E-state index in [1.54, 1.807) is 31.2 Å². The molecule has 0 saturated carbocycles. The van der Waals surface area contributed by atoms with Crippen molar-refractivity contribution in [1.82, 2.24) is 14.9 Å². The minimum absolute atomic E-state index is 0.136. The van der Waals surface area contributed by atoms with Gasteiger partial charge in [-0.3, -0.25) is 24.3 Å². The maximum absolute atomic E-state index is 12.6. The number of aromatic nitrogens is 2. The molecule has 0 aliphatic heterocycles. The van der Waals surface area contributed by atoms with Gasteiger partial charge in [0.1, 0.15) is 6.54 Å². The van der Waals surface area contributed by atoms with Crippen LogP contribution in [0.4, 0.5) is 4.79 Å². The molecule has 0 spiro atoms. The molecule has 138 valence electrons. The summed E-state index contributed by atoms with van der Waals surface area (Å²) in [4.78, 5) is 51.6. The molecule has 0 saturated heterocycles. The average molecular weight is 379 g/mol. The molecule has 0 unspecified atom stereocenters. The van der Waals surface area contributed by atoms with E-state index in [9.17, 15) is 19.2 Å². The number of carbonyl (C=O) groups is 3. The highest BCUT2D eigenvalue weighted by Gasteiger charge is 2.16. The van der Waals surface area contributed by atoms with E-state index < -0.39 is 23.5 Å². The molecule has 1 heterocycles. The molecule has 0 bridgehead atoms. The third-order valence-corrected chi connectivity index (χ3v) is 4.17. The fraction of sp³-hybridized carbons (Fsp3) is 0.312. The zero-order valence-electron chi connectivity index (χ0n) is 14.2. The highest BCUT2D eigenvalue weighted by molar-refractivity contribution is 7.99. The molecule has 0 radical (unpaired) electrons. The number of thioether (sulfide) groups is 1. The quantitative estimate of drug-likeness (QED) is 0.448. The summed E-state index contributed by atoms with van der Waals surface area (Å²) in [7, 11) is 1.21. The summed E-state index contributed by atoms with van der Waals surface area (Å²) in [6.07, 6.45) is -0.850. The summed E-state index contributed by atoms with van der Waals surface area (Å²) < 4.78 is 10.4. The minimum Gasteiger partial charge on any atom is -0.468 e. The first-order valence-electron chi connectivity index (χ1n) is 7.62. The number of fused-ring (bicyclic) bond motifs is 1. The van der Waals surface area contributed by atoms with E-state index in [-0.39, 0.29) is 24.1 Å². The van der Waals surface area contributed by atoms with Gasteiger partial charge in [0.25, 0.3) is 5.56 Å². The number of ether oxygens (including phenoxy) is 2. The maximum atomic E-state index is 12.6. The summed E-state index contributed by atoms with van der Waals surface area (Å²) in [6, 6.07) is 6.66. The average Bonchev–Trinajstić information content (AvgIpc) is 2.62. The van der Waals surface area contributed by atoms with Crippen LogP contribution in [0.3, 0.4) is 0 Å². The number of carbonyl (C=O) groups excluding carboxylic acids is 3. The molecule has 2 amide bonds. The number of nitrogens with zero attached hydrogens (tertiary/aromatic N) is 2. The van der Waals surface area contributed by atoms with Gasteiger partial charge in [-0.25, -0.2) is 9.78 Å². The molecule has 1 aromatic carbocycles. The molecule has 0 aliphatic rings. The number of amides is 2. The van der Waals surface area contributed by atoms with Crippen molar-refractivity contribution in [3.05, 3.63) is 34.6 Å². The van der Waals surface area contributed by atoms with E-state index >= 15 is 0 Å². The molecule has 10 heteroatoms. The van der Waals surface area contributed by atoms with Crippen LogP contribution in [-0.2, 0) is 25.6 Å². The van der Waals surface area contributed by atoms with Crippen LogP contribution in [0, 0.1) is 0 Å². The summed E-state index contributed by atoms with van der Waals surface area (Å²) in [5.74, 6) is -1.42. The smallest absolute Gasteiger partial charge is 0.413 e. The number of esters is 1. The molecule has 2 aromatic rings. The van der Waals surface area contributed by atoms with Crippen molar-refractivity contribution in [2.45, 2.75) is 18.6 Å². The van der Waals surface area contributed by atoms with Crippen molar-refractivity contribution < 1.29 is 23.9 Å². The predicted molar refractivity (Wildman–Crippen MR) is 93.9 cm³/mol. The Balaban J connectivity index is 2.28. The van der Waals surface area contributed by atoms with E-state index in [0.29, 0.717) is 10.9 Å². The number of benzene rings is 1. The van der Waals surface area contributed by atoms with Gasteiger partial charge in [0.05, 0.1) is 30.4 Å². The fourth-order valence-corrected chi connectivity index (χ4v) is 2.84. The van der Waals surface area contributed by atoms with Crippen molar-refractivity contribution in [1.29, 1.82) is 0 Å². The van der Waals surface area contributed by atoms with Gasteiger partial charge in [0.2, 0.25) is 5.91 Å². The van der Waals surface area contributed by atoms with E-state index in [4.69, 9.17) is 0 Å². The van der Waals surface area contributed by atoms with E-state index in [1.165, 1.54) is 7.11 Å². The normalized spacial score (nSPS) is 10.4. The van der Waals surface area contributed by atoms with Gasteiger partial charge in [-0.15, -0.1) is 0 Å². The van der Waals surface area contributed by atoms with Gasteiger partial charge in [0, 0.05) is 0 Å². The SMILES string of the molecule is CCOC(=O)NC(=O)CSc1nc2ccccc2c(=O)n1CC(=O)OC. The minimum atomic E-state index is -0.850. The van der Waals surface area contributed by atoms with Crippen LogP contribution in [0.1, 0.15) is 6.92 Å². The van der Waals surface area contributed by atoms with Crippen molar-refractivity contribution in [2.75, 3.05) is 19.5 Å². The number of alkyl carbamates (subject to hydrolysis) is 1. The Morgan fingerprint density at radius 2 is 2.00 bits per heavy atom. The number of nitrogens with one attached hydrogen (secondary N) is 1. The third-order valence-electron chi connectivity index (χ3n) is 3.19. The monoisotopic (exact) mass is 379 g/mol. The number of hydrogen-bond donors (Lipinski definition) is 1. The van der Waals surface area contributed by atoms with Gasteiger partial charge >= 0.3 is 12.1 Å². The van der Waals surface area contributed by atoms with Crippen LogP contribution in [-0.4, -0.2) is 47.0 Å². The molecular formula is C16H17N3O6S. The molecule has 0 aliphatic carbocycles. The third kappa shape index (κ3) is 4.82. The Morgan fingerprint density at radius 3 is 2.69 bits per heavy atom. The molecular weight excluding hydrogens is 362 g/mol. The van der Waals surface area contributed by atoms with Crippen LogP contribution in [0.5, 0.6) is 0 Å². The highest BCUT2D eigenvalue weighted by atomic mass is 32.2. The molecule has 9 nitrogen and oxygen atoms in total. The Bertz CT molecular complexity index is 895. The number of imide groups is 1. The second-order valence-electron chi connectivity index (χ2n) is 4.94. The summed E-state index contributed by atoms with van der Waals surface area (Å²) in [5.41, 5.74) is 0.0150. The van der Waals surface area contributed by atoms with Gasteiger partial charge < -0.3 is 9.47 Å². The zero-order valence-corrected chi connectivity index (χ0v) is 15.0. The maximum Gasteiger partial charge on any atom is 0.413 e. The number of para-hydroxylation sites is 1. The van der Waals surface area contributed by atoms with Gasteiger partial charge in [0.15, 0.2) is 5.16 Å². The van der Waals surface area contributed by atoms with Crippen molar-refractivity contribution in [2.24, 2.45) is 0 Å². The summed E-state index contributed by atoms with van der Waals surface area (Å²) in [6.45, 7) is 1.41. The Kier molecular flexibility index (Phi) is 6.73. The number of methoxy groups -OCH3 is 1. The van der Waals surface area contributed by atoms with Crippen molar-refractivity contribution in [3.8, 4) is 0 Å². The van der Waals surface area contributed by atoms with Crippen LogP contribution >= 0.6 is 11.8 Å². The van der Waals surface area contributed by atoms with Gasteiger partial charge in [-0.05, 0) is 19.1 Å². The van der Waals surface area contributed by atoms with Gasteiger partial charge in [-0.1, -0.05) is 23.9 Å². The lowest BCUT2D eigenvalue weighted by atomic mass is 10.2. The lowest BCUT2D eigenvalue weighted by Gasteiger charge is -2.12. The molecule has 26 heavy (non-hydrogen) atoms. The van der Waals surface area contributed by atoms with Gasteiger partial charge in [-0.2, -0.15) is 0 Å². The van der Waals surface area contributed by atoms with Crippen LogP contribution in [0.15, 0.2) is 34.2 Å². The number of rotatable bonds is 6. The van der Waals surface area contributed by atoms with E-state index in [1.807, 2.05) is 5.32 Å². The Labute approximate surface area is 152 Å². The molecule has 2 rings (SSSR count).